The van der Waals surface area contributed by atoms with Crippen molar-refractivity contribution in [2.45, 2.75) is 20.3 Å². The Labute approximate surface area is 60.9 Å². The highest BCUT2D eigenvalue weighted by Crippen LogP contribution is 2.03. The van der Waals surface area contributed by atoms with E-state index in [9.17, 15) is 4.79 Å². The molecule has 0 spiro atoms. The SMILES string of the molecule is C=C(C=C(C)C(=O)O)CC. The molecule has 0 heterocycles. The van der Waals surface area contributed by atoms with Gasteiger partial charge in [-0.2, -0.15) is 0 Å². The third-order valence-electron chi connectivity index (χ3n) is 1.21. The summed E-state index contributed by atoms with van der Waals surface area (Å²) in [5, 5.41) is 8.42. The summed E-state index contributed by atoms with van der Waals surface area (Å²) in [6.45, 7) is 7.15. The summed E-state index contributed by atoms with van der Waals surface area (Å²) in [5.41, 5.74) is 1.19. The van der Waals surface area contributed by atoms with Crippen LogP contribution < -0.4 is 0 Å². The van der Waals surface area contributed by atoms with Gasteiger partial charge in [-0.05, 0) is 19.4 Å². The van der Waals surface area contributed by atoms with Crippen molar-refractivity contribution in [2.75, 3.05) is 0 Å². The fourth-order valence-electron chi connectivity index (χ4n) is 0.470. The van der Waals surface area contributed by atoms with E-state index in [4.69, 9.17) is 5.11 Å². The van der Waals surface area contributed by atoms with E-state index in [-0.39, 0.29) is 0 Å². The lowest BCUT2D eigenvalue weighted by molar-refractivity contribution is -0.132. The maximum atomic E-state index is 10.2. The zero-order valence-electron chi connectivity index (χ0n) is 6.35. The van der Waals surface area contributed by atoms with Gasteiger partial charge in [-0.25, -0.2) is 4.79 Å². The van der Waals surface area contributed by atoms with E-state index in [2.05, 4.69) is 6.58 Å². The molecular weight excluding hydrogens is 128 g/mol. The van der Waals surface area contributed by atoms with Crippen molar-refractivity contribution in [1.29, 1.82) is 0 Å². The van der Waals surface area contributed by atoms with E-state index >= 15 is 0 Å². The average molecular weight is 140 g/mol. The van der Waals surface area contributed by atoms with Crippen molar-refractivity contribution in [2.24, 2.45) is 0 Å². The maximum Gasteiger partial charge on any atom is 0.331 e. The third-order valence-corrected chi connectivity index (χ3v) is 1.21. The van der Waals surface area contributed by atoms with Gasteiger partial charge in [0.25, 0.3) is 0 Å². The molecule has 0 saturated carbocycles. The molecule has 2 heteroatoms. The Morgan fingerprint density at radius 2 is 2.20 bits per heavy atom. The normalized spacial score (nSPS) is 11.2. The Balaban J connectivity index is 4.16. The van der Waals surface area contributed by atoms with E-state index in [1.165, 1.54) is 0 Å². The van der Waals surface area contributed by atoms with Crippen molar-refractivity contribution in [3.05, 3.63) is 23.8 Å². The molecule has 0 amide bonds. The zero-order chi connectivity index (χ0) is 8.15. The number of carbonyl (C=O) groups is 1. The summed E-state index contributed by atoms with van der Waals surface area (Å²) < 4.78 is 0. The molecule has 0 fully saturated rings. The lowest BCUT2D eigenvalue weighted by atomic mass is 10.1. The van der Waals surface area contributed by atoms with Crippen LogP contribution >= 0.6 is 0 Å². The molecule has 10 heavy (non-hydrogen) atoms. The van der Waals surface area contributed by atoms with Crippen LogP contribution in [0.25, 0.3) is 0 Å². The molecular formula is C8H12O2. The minimum Gasteiger partial charge on any atom is -0.478 e. The van der Waals surface area contributed by atoms with Crippen LogP contribution in [0.1, 0.15) is 20.3 Å². The van der Waals surface area contributed by atoms with Crippen molar-refractivity contribution in [1.82, 2.24) is 0 Å². The first-order valence-electron chi connectivity index (χ1n) is 3.17. The number of carboxylic acids is 1. The predicted molar refractivity (Wildman–Crippen MR) is 40.8 cm³/mol. The molecule has 0 saturated heterocycles. The molecule has 0 aromatic rings. The van der Waals surface area contributed by atoms with Crippen LogP contribution in [0.3, 0.4) is 0 Å². The Hall–Kier alpha value is -1.05. The van der Waals surface area contributed by atoms with Crippen molar-refractivity contribution in [3.63, 3.8) is 0 Å². The molecule has 0 aromatic carbocycles. The van der Waals surface area contributed by atoms with E-state index in [1.807, 2.05) is 6.92 Å². The van der Waals surface area contributed by atoms with Crippen LogP contribution in [0.2, 0.25) is 0 Å². The van der Waals surface area contributed by atoms with E-state index < -0.39 is 5.97 Å². The standard InChI is InChI=1S/C8H12O2/c1-4-6(2)5-7(3)8(9)10/h5H,2,4H2,1,3H3,(H,9,10). The molecule has 0 aromatic heterocycles. The first-order valence-corrected chi connectivity index (χ1v) is 3.17. The monoisotopic (exact) mass is 140 g/mol. The molecule has 0 radical (unpaired) electrons. The van der Waals surface area contributed by atoms with Crippen LogP contribution in [0.5, 0.6) is 0 Å². The van der Waals surface area contributed by atoms with Crippen LogP contribution in [0, 0.1) is 0 Å². The summed E-state index contributed by atoms with van der Waals surface area (Å²) in [5.74, 6) is -0.880. The zero-order valence-corrected chi connectivity index (χ0v) is 6.35. The molecule has 0 aliphatic carbocycles. The summed E-state index contributed by atoms with van der Waals surface area (Å²) in [7, 11) is 0. The Morgan fingerprint density at radius 1 is 1.70 bits per heavy atom. The molecule has 0 bridgehead atoms. The second-order valence-corrected chi connectivity index (χ2v) is 2.14. The fraction of sp³-hybridized carbons (Fsp3) is 0.375. The Bertz CT molecular complexity index is 178. The molecule has 2 nitrogen and oxygen atoms in total. The lowest BCUT2D eigenvalue weighted by Gasteiger charge is -1.93. The first-order chi connectivity index (χ1) is 4.57. The van der Waals surface area contributed by atoms with Crippen LogP contribution in [-0.2, 0) is 4.79 Å². The van der Waals surface area contributed by atoms with E-state index in [0.29, 0.717) is 5.57 Å². The quantitative estimate of drug-likeness (QED) is 0.480. The second kappa shape index (κ2) is 3.88. The Morgan fingerprint density at radius 3 is 2.50 bits per heavy atom. The first kappa shape index (κ1) is 8.95. The van der Waals surface area contributed by atoms with Gasteiger partial charge in [0, 0.05) is 5.57 Å². The van der Waals surface area contributed by atoms with Crippen molar-refractivity contribution in [3.8, 4) is 0 Å². The summed E-state index contributed by atoms with van der Waals surface area (Å²) in [6.07, 6.45) is 2.38. The van der Waals surface area contributed by atoms with Crippen molar-refractivity contribution >= 4 is 5.97 Å². The average Bonchev–Trinajstić information content (AvgIpc) is 1.87. The molecule has 0 rings (SSSR count). The maximum absolute atomic E-state index is 10.2. The largest absolute Gasteiger partial charge is 0.478 e. The summed E-state index contributed by atoms with van der Waals surface area (Å²) in [6, 6.07) is 0. The highest BCUT2D eigenvalue weighted by atomic mass is 16.4. The minimum atomic E-state index is -0.880. The molecule has 0 aliphatic heterocycles. The minimum absolute atomic E-state index is 0.340. The number of allylic oxidation sites excluding steroid dienone is 2. The van der Waals surface area contributed by atoms with Gasteiger partial charge in [-0.1, -0.05) is 19.1 Å². The molecule has 0 atom stereocenters. The highest BCUT2D eigenvalue weighted by molar-refractivity contribution is 5.86. The fourth-order valence-corrected chi connectivity index (χ4v) is 0.470. The van der Waals surface area contributed by atoms with Crippen LogP contribution in [-0.4, -0.2) is 11.1 Å². The van der Waals surface area contributed by atoms with Gasteiger partial charge in [-0.15, -0.1) is 0 Å². The van der Waals surface area contributed by atoms with E-state index in [1.54, 1.807) is 13.0 Å². The van der Waals surface area contributed by atoms with Gasteiger partial charge in [-0.3, -0.25) is 0 Å². The molecule has 56 valence electrons. The molecule has 1 N–H and O–H groups in total. The van der Waals surface area contributed by atoms with E-state index in [0.717, 1.165) is 12.0 Å². The third kappa shape index (κ3) is 3.07. The topological polar surface area (TPSA) is 37.3 Å². The van der Waals surface area contributed by atoms with Gasteiger partial charge < -0.3 is 5.11 Å². The number of carboxylic acid groups (broad SMARTS) is 1. The molecule has 0 aliphatic rings. The number of hydrogen-bond acceptors (Lipinski definition) is 1. The number of hydrogen-bond donors (Lipinski definition) is 1. The van der Waals surface area contributed by atoms with Crippen LogP contribution in [0.4, 0.5) is 0 Å². The summed E-state index contributed by atoms with van der Waals surface area (Å²) >= 11 is 0. The highest BCUT2D eigenvalue weighted by Gasteiger charge is 1.98. The predicted octanol–water partition coefficient (Wildman–Crippen LogP) is 1.98. The second-order valence-electron chi connectivity index (χ2n) is 2.14. The van der Waals surface area contributed by atoms with Crippen molar-refractivity contribution < 1.29 is 9.90 Å². The molecule has 0 unspecified atom stereocenters. The lowest BCUT2D eigenvalue weighted by Crippen LogP contribution is -1.95. The Kier molecular flexibility index (Phi) is 3.47. The van der Waals surface area contributed by atoms with Gasteiger partial charge in [0.15, 0.2) is 0 Å². The van der Waals surface area contributed by atoms with Gasteiger partial charge in [0.2, 0.25) is 0 Å². The smallest absolute Gasteiger partial charge is 0.331 e. The summed E-state index contributed by atoms with van der Waals surface area (Å²) in [4.78, 5) is 10.2. The van der Waals surface area contributed by atoms with Crippen LogP contribution in [0.15, 0.2) is 23.8 Å². The van der Waals surface area contributed by atoms with Gasteiger partial charge in [0.05, 0.1) is 0 Å². The van der Waals surface area contributed by atoms with Gasteiger partial charge >= 0.3 is 5.97 Å². The number of rotatable bonds is 3. The van der Waals surface area contributed by atoms with Gasteiger partial charge in [0.1, 0.15) is 0 Å². The number of aliphatic carboxylic acids is 1.